The fourth-order valence-electron chi connectivity index (χ4n) is 2.76. The van der Waals surface area contributed by atoms with E-state index in [1.165, 1.54) is 0 Å². The second kappa shape index (κ2) is 13.4. The maximum atomic E-state index is 12.3. The van der Waals surface area contributed by atoms with Crippen molar-refractivity contribution in [1.82, 2.24) is 0 Å². The Bertz CT molecular complexity index is 551. The number of rotatable bonds is 13. The lowest BCUT2D eigenvalue weighted by atomic mass is 10.0. The van der Waals surface area contributed by atoms with E-state index in [1.54, 1.807) is 18.2 Å². The number of hydrogen-bond acceptors (Lipinski definition) is 4. The van der Waals surface area contributed by atoms with Crippen LogP contribution in [-0.4, -0.2) is 25.2 Å². The van der Waals surface area contributed by atoms with Gasteiger partial charge >= 0.3 is 11.9 Å². The van der Waals surface area contributed by atoms with Gasteiger partial charge in [-0.1, -0.05) is 59.3 Å². The van der Waals surface area contributed by atoms with Crippen molar-refractivity contribution in [1.29, 1.82) is 0 Å². The number of carbonyl (C=O) groups is 2. The first kappa shape index (κ1) is 22.2. The molecule has 0 unspecified atom stereocenters. The van der Waals surface area contributed by atoms with Crippen molar-refractivity contribution in [3.63, 3.8) is 0 Å². The molecule has 0 bridgehead atoms. The molecule has 0 N–H and O–H groups in total. The summed E-state index contributed by atoms with van der Waals surface area (Å²) in [6, 6.07) is 5.09. The molecule has 0 heterocycles. The summed E-state index contributed by atoms with van der Waals surface area (Å²) in [7, 11) is 0. The van der Waals surface area contributed by atoms with E-state index >= 15 is 0 Å². The Balaban J connectivity index is 2.57. The highest BCUT2D eigenvalue weighted by molar-refractivity contribution is 5.94. The lowest BCUT2D eigenvalue weighted by Crippen LogP contribution is -2.12. The lowest BCUT2D eigenvalue weighted by molar-refractivity contribution is 0.0482. The van der Waals surface area contributed by atoms with Gasteiger partial charge in [0.1, 0.15) is 0 Å². The molecule has 0 aliphatic carbocycles. The minimum Gasteiger partial charge on any atom is -0.462 e. The molecule has 4 nitrogen and oxygen atoms in total. The van der Waals surface area contributed by atoms with E-state index in [0.29, 0.717) is 30.8 Å². The maximum absolute atomic E-state index is 12.3. The fraction of sp³-hybridized carbons (Fsp3) is 0.636. The average molecular weight is 363 g/mol. The predicted octanol–water partition coefficient (Wildman–Crippen LogP) is 5.72. The number of ether oxygens (including phenoxy) is 2. The van der Waals surface area contributed by atoms with Crippen molar-refractivity contribution in [3.8, 4) is 0 Å². The SMILES string of the molecule is CCCCCCOC(=O)c1ccc(C(=O)OCCCCCC)c(CC)c1. The van der Waals surface area contributed by atoms with Gasteiger partial charge in [-0.3, -0.25) is 0 Å². The minimum atomic E-state index is -0.323. The highest BCUT2D eigenvalue weighted by atomic mass is 16.5. The van der Waals surface area contributed by atoms with E-state index in [-0.39, 0.29) is 11.9 Å². The minimum absolute atomic E-state index is 0.308. The Morgan fingerprint density at radius 2 is 1.35 bits per heavy atom. The molecule has 0 radical (unpaired) electrons. The molecule has 146 valence electrons. The fourth-order valence-corrected chi connectivity index (χ4v) is 2.76. The largest absolute Gasteiger partial charge is 0.462 e. The summed E-state index contributed by atoms with van der Waals surface area (Å²) in [5.74, 6) is -0.631. The van der Waals surface area contributed by atoms with Crippen molar-refractivity contribution in [3.05, 3.63) is 34.9 Å². The van der Waals surface area contributed by atoms with Crippen molar-refractivity contribution in [2.45, 2.75) is 78.6 Å². The highest BCUT2D eigenvalue weighted by Gasteiger charge is 2.15. The van der Waals surface area contributed by atoms with Crippen molar-refractivity contribution >= 4 is 11.9 Å². The van der Waals surface area contributed by atoms with Gasteiger partial charge in [0.25, 0.3) is 0 Å². The van der Waals surface area contributed by atoms with Gasteiger partial charge < -0.3 is 9.47 Å². The molecule has 0 fully saturated rings. The molecule has 4 heteroatoms. The number of hydrogen-bond donors (Lipinski definition) is 0. The highest BCUT2D eigenvalue weighted by Crippen LogP contribution is 2.16. The van der Waals surface area contributed by atoms with Gasteiger partial charge in [0, 0.05) is 0 Å². The molecular weight excluding hydrogens is 328 g/mol. The first-order valence-corrected chi connectivity index (χ1v) is 10.1. The molecule has 26 heavy (non-hydrogen) atoms. The third-order valence-corrected chi connectivity index (χ3v) is 4.40. The number of unbranched alkanes of at least 4 members (excludes halogenated alkanes) is 6. The van der Waals surface area contributed by atoms with Gasteiger partial charge in [0.05, 0.1) is 24.3 Å². The molecule has 0 aliphatic heterocycles. The summed E-state index contributed by atoms with van der Waals surface area (Å²) in [5.41, 5.74) is 1.86. The van der Waals surface area contributed by atoms with Crippen LogP contribution in [0.1, 0.15) is 98.4 Å². The van der Waals surface area contributed by atoms with E-state index in [9.17, 15) is 9.59 Å². The maximum Gasteiger partial charge on any atom is 0.338 e. The molecule has 1 aromatic rings. The van der Waals surface area contributed by atoms with Crippen LogP contribution in [0.2, 0.25) is 0 Å². The molecule has 0 amide bonds. The van der Waals surface area contributed by atoms with Crippen LogP contribution in [0.15, 0.2) is 18.2 Å². The number of aryl methyl sites for hydroxylation is 1. The van der Waals surface area contributed by atoms with E-state index in [2.05, 4.69) is 13.8 Å². The Labute approximate surface area is 158 Å². The van der Waals surface area contributed by atoms with Crippen LogP contribution in [0, 0.1) is 0 Å². The Morgan fingerprint density at radius 1 is 0.769 bits per heavy atom. The van der Waals surface area contributed by atoms with E-state index < -0.39 is 0 Å². The smallest absolute Gasteiger partial charge is 0.338 e. The predicted molar refractivity (Wildman–Crippen MR) is 105 cm³/mol. The molecular formula is C22H34O4. The quantitative estimate of drug-likeness (QED) is 0.332. The van der Waals surface area contributed by atoms with Gasteiger partial charge in [-0.15, -0.1) is 0 Å². The van der Waals surface area contributed by atoms with Crippen molar-refractivity contribution < 1.29 is 19.1 Å². The van der Waals surface area contributed by atoms with Crippen LogP contribution in [0.4, 0.5) is 0 Å². The Morgan fingerprint density at radius 3 is 1.88 bits per heavy atom. The summed E-state index contributed by atoms with van der Waals surface area (Å²) in [5, 5.41) is 0. The first-order chi connectivity index (χ1) is 12.6. The van der Waals surface area contributed by atoms with Gasteiger partial charge in [-0.2, -0.15) is 0 Å². The van der Waals surface area contributed by atoms with Crippen molar-refractivity contribution in [2.75, 3.05) is 13.2 Å². The molecule has 1 aromatic carbocycles. The molecule has 0 aromatic heterocycles. The van der Waals surface area contributed by atoms with E-state index in [4.69, 9.17) is 9.47 Å². The molecule has 0 atom stereocenters. The zero-order chi connectivity index (χ0) is 19.2. The summed E-state index contributed by atoms with van der Waals surface area (Å²) in [6.45, 7) is 7.16. The second-order valence-electron chi connectivity index (χ2n) is 6.62. The standard InChI is InChI=1S/C22H34O4/c1-4-7-9-11-15-25-21(23)19-13-14-20(18(6-3)17-19)22(24)26-16-12-10-8-5-2/h13-14,17H,4-12,15-16H2,1-3H3. The van der Waals surface area contributed by atoms with Crippen LogP contribution in [0.3, 0.4) is 0 Å². The van der Waals surface area contributed by atoms with Crippen LogP contribution < -0.4 is 0 Å². The Kier molecular flexibility index (Phi) is 11.4. The number of benzene rings is 1. The van der Waals surface area contributed by atoms with Crippen molar-refractivity contribution in [2.24, 2.45) is 0 Å². The van der Waals surface area contributed by atoms with E-state index in [1.807, 2.05) is 6.92 Å². The lowest BCUT2D eigenvalue weighted by Gasteiger charge is -2.11. The van der Waals surface area contributed by atoms with E-state index in [0.717, 1.165) is 56.9 Å². The van der Waals surface area contributed by atoms with Crippen LogP contribution in [0.25, 0.3) is 0 Å². The summed E-state index contributed by atoms with van der Waals surface area (Å²) >= 11 is 0. The van der Waals surface area contributed by atoms with Gasteiger partial charge in [-0.05, 0) is 43.0 Å². The van der Waals surface area contributed by atoms with Gasteiger partial charge in [0.2, 0.25) is 0 Å². The second-order valence-corrected chi connectivity index (χ2v) is 6.62. The monoisotopic (exact) mass is 362 g/mol. The summed E-state index contributed by atoms with van der Waals surface area (Å²) in [4.78, 5) is 24.4. The first-order valence-electron chi connectivity index (χ1n) is 10.1. The summed E-state index contributed by atoms with van der Waals surface area (Å²) < 4.78 is 10.7. The van der Waals surface area contributed by atoms with Gasteiger partial charge in [0.15, 0.2) is 0 Å². The third kappa shape index (κ3) is 8.03. The zero-order valence-corrected chi connectivity index (χ0v) is 16.6. The van der Waals surface area contributed by atoms with Crippen LogP contribution in [-0.2, 0) is 15.9 Å². The average Bonchev–Trinajstić information content (AvgIpc) is 2.66. The van der Waals surface area contributed by atoms with Crippen LogP contribution >= 0.6 is 0 Å². The number of carbonyl (C=O) groups excluding carboxylic acids is 2. The van der Waals surface area contributed by atoms with Crippen LogP contribution in [0.5, 0.6) is 0 Å². The molecule has 0 aliphatic rings. The Hall–Kier alpha value is -1.84. The summed E-state index contributed by atoms with van der Waals surface area (Å²) in [6.07, 6.45) is 9.23. The normalized spacial score (nSPS) is 10.6. The zero-order valence-electron chi connectivity index (χ0n) is 16.6. The van der Waals surface area contributed by atoms with Gasteiger partial charge in [-0.25, -0.2) is 9.59 Å². The topological polar surface area (TPSA) is 52.6 Å². The molecule has 0 saturated heterocycles. The molecule has 1 rings (SSSR count). The number of esters is 2. The molecule has 0 spiro atoms. The molecule has 0 saturated carbocycles. The third-order valence-electron chi connectivity index (χ3n) is 4.40.